The molecule has 26 heavy (non-hydrogen) atoms. The van der Waals surface area contributed by atoms with Gasteiger partial charge in [-0.15, -0.1) is 0 Å². The normalized spacial score (nSPS) is 19.6. The van der Waals surface area contributed by atoms with E-state index in [2.05, 4.69) is 4.99 Å². The highest BCUT2D eigenvalue weighted by Gasteiger charge is 2.27. The fraction of sp³-hybridized carbons (Fsp3) is 0.286. The number of carbonyl (C=O) groups excluding carboxylic acids is 1. The van der Waals surface area contributed by atoms with Gasteiger partial charge in [0.05, 0.1) is 11.3 Å². The Bertz CT molecular complexity index is 921. The second-order valence-corrected chi connectivity index (χ2v) is 6.50. The molecule has 1 saturated carbocycles. The number of allylic oxidation sites excluding steroid dienone is 2. The van der Waals surface area contributed by atoms with Crippen LogP contribution in [-0.2, 0) is 16.0 Å². The molecule has 2 aromatic carbocycles. The number of Topliss-reactive ketones (excluding diaryl/α,β-unsaturated/α-hetero) is 1. The zero-order valence-corrected chi connectivity index (χ0v) is 14.6. The molecule has 0 heterocycles. The third-order valence-electron chi connectivity index (χ3n) is 4.62. The molecule has 2 aromatic rings. The van der Waals surface area contributed by atoms with E-state index in [0.29, 0.717) is 25.0 Å². The molecule has 3 rings (SSSR count). The summed E-state index contributed by atoms with van der Waals surface area (Å²) in [6.07, 6.45) is 1.67. The van der Waals surface area contributed by atoms with Gasteiger partial charge in [0.25, 0.3) is 0 Å². The van der Waals surface area contributed by atoms with Gasteiger partial charge in [0, 0.05) is 12.8 Å². The lowest BCUT2D eigenvalue weighted by molar-refractivity contribution is -0.138. The van der Waals surface area contributed by atoms with Gasteiger partial charge < -0.3 is 10.2 Å². The van der Waals surface area contributed by atoms with Crippen LogP contribution in [0.2, 0.25) is 0 Å². The molecule has 5 nitrogen and oxygen atoms in total. The van der Waals surface area contributed by atoms with Crippen LogP contribution < -0.4 is 0 Å². The van der Waals surface area contributed by atoms with Gasteiger partial charge in [0.1, 0.15) is 11.8 Å². The molecule has 1 fully saturated rings. The van der Waals surface area contributed by atoms with Crippen LogP contribution in [0.4, 0.5) is 0 Å². The van der Waals surface area contributed by atoms with Crippen molar-refractivity contribution < 1.29 is 19.8 Å². The third-order valence-corrected chi connectivity index (χ3v) is 4.62. The predicted molar refractivity (Wildman–Crippen MR) is 101 cm³/mol. The van der Waals surface area contributed by atoms with Crippen LogP contribution in [0.1, 0.15) is 31.7 Å². The summed E-state index contributed by atoms with van der Waals surface area (Å²) in [6.45, 7) is 1.47. The van der Waals surface area contributed by atoms with E-state index in [-0.39, 0.29) is 23.5 Å². The average Bonchev–Trinajstić information content (AvgIpc) is 2.62. The van der Waals surface area contributed by atoms with Gasteiger partial charge >= 0.3 is 5.97 Å². The summed E-state index contributed by atoms with van der Waals surface area (Å²) < 4.78 is 0. The molecule has 0 bridgehead atoms. The Morgan fingerprint density at radius 2 is 1.85 bits per heavy atom. The molecule has 5 heteroatoms. The van der Waals surface area contributed by atoms with Gasteiger partial charge in [-0.2, -0.15) is 0 Å². The van der Waals surface area contributed by atoms with Crippen LogP contribution in [0, 0.1) is 0 Å². The van der Waals surface area contributed by atoms with Crippen molar-refractivity contribution in [3.05, 3.63) is 59.4 Å². The second-order valence-electron chi connectivity index (χ2n) is 6.50. The van der Waals surface area contributed by atoms with Crippen LogP contribution in [0.3, 0.4) is 0 Å². The Morgan fingerprint density at radius 3 is 2.62 bits per heavy atom. The number of aliphatic carboxylic acids is 1. The standard InChI is InChI=1S/C21H21NO4/c1-13(21(25)26)22-17-10-5-11-18(23)20(17)19(24)12-15-8-4-7-14-6-2-3-9-16(14)15/h2-4,6-9,13,24H,5,10-12H2,1H3,(H,25,26)/b20-19-,22-17?. The number of carboxylic acids is 1. The van der Waals surface area contributed by atoms with Crippen molar-refractivity contribution in [2.24, 2.45) is 4.99 Å². The van der Waals surface area contributed by atoms with Crippen LogP contribution in [0.5, 0.6) is 0 Å². The third kappa shape index (κ3) is 3.67. The summed E-state index contributed by atoms with van der Waals surface area (Å²) in [6, 6.07) is 12.7. The summed E-state index contributed by atoms with van der Waals surface area (Å²) in [7, 11) is 0. The van der Waals surface area contributed by atoms with Crippen molar-refractivity contribution in [2.75, 3.05) is 0 Å². The first-order chi connectivity index (χ1) is 12.5. The van der Waals surface area contributed by atoms with Crippen LogP contribution in [-0.4, -0.2) is 33.7 Å². The maximum atomic E-state index is 12.4. The van der Waals surface area contributed by atoms with Gasteiger partial charge in [-0.1, -0.05) is 42.5 Å². The SMILES string of the molecule is CC(N=C1CCCC(=O)/C1=C(\O)Cc1cccc2ccccc12)C(=O)O. The van der Waals surface area contributed by atoms with E-state index in [1.807, 2.05) is 42.5 Å². The van der Waals surface area contributed by atoms with Crippen molar-refractivity contribution in [2.45, 2.75) is 38.6 Å². The number of ketones is 1. The lowest BCUT2D eigenvalue weighted by Gasteiger charge is -2.19. The Hall–Kier alpha value is -2.95. The number of benzene rings is 2. The Balaban J connectivity index is 2.02. The molecule has 1 atom stereocenters. The molecule has 0 spiro atoms. The van der Waals surface area contributed by atoms with E-state index in [9.17, 15) is 14.7 Å². The number of hydrogen-bond acceptors (Lipinski definition) is 4. The van der Waals surface area contributed by atoms with E-state index in [0.717, 1.165) is 16.3 Å². The Morgan fingerprint density at radius 1 is 1.12 bits per heavy atom. The predicted octanol–water partition coefficient (Wildman–Crippen LogP) is 3.86. The van der Waals surface area contributed by atoms with Gasteiger partial charge in [0.2, 0.25) is 0 Å². The highest BCUT2D eigenvalue weighted by Crippen LogP contribution is 2.26. The van der Waals surface area contributed by atoms with Crippen molar-refractivity contribution in [3.8, 4) is 0 Å². The van der Waals surface area contributed by atoms with Crippen molar-refractivity contribution in [3.63, 3.8) is 0 Å². The van der Waals surface area contributed by atoms with E-state index in [1.54, 1.807) is 0 Å². The molecular weight excluding hydrogens is 330 g/mol. The number of fused-ring (bicyclic) bond motifs is 1. The van der Waals surface area contributed by atoms with Crippen molar-refractivity contribution in [1.29, 1.82) is 0 Å². The summed E-state index contributed by atoms with van der Waals surface area (Å²) in [5, 5.41) is 21.9. The highest BCUT2D eigenvalue weighted by atomic mass is 16.4. The largest absolute Gasteiger partial charge is 0.511 e. The molecule has 0 saturated heterocycles. The molecule has 2 N–H and O–H groups in total. The van der Waals surface area contributed by atoms with Crippen molar-refractivity contribution >= 4 is 28.2 Å². The second kappa shape index (κ2) is 7.52. The fourth-order valence-electron chi connectivity index (χ4n) is 3.29. The molecule has 0 aliphatic heterocycles. The van der Waals surface area contributed by atoms with Gasteiger partial charge in [0.15, 0.2) is 5.78 Å². The lowest BCUT2D eigenvalue weighted by atomic mass is 9.88. The van der Waals surface area contributed by atoms with E-state index in [1.165, 1.54) is 6.92 Å². The number of hydrogen-bond donors (Lipinski definition) is 2. The maximum Gasteiger partial charge on any atom is 0.328 e. The monoisotopic (exact) mass is 351 g/mol. The number of aliphatic imine (C=N–C) groups is 1. The first-order valence-corrected chi connectivity index (χ1v) is 8.69. The molecular formula is C21H21NO4. The Kier molecular flexibility index (Phi) is 5.16. The molecule has 0 aromatic heterocycles. The fourth-order valence-corrected chi connectivity index (χ4v) is 3.29. The smallest absolute Gasteiger partial charge is 0.328 e. The van der Waals surface area contributed by atoms with Gasteiger partial charge in [-0.05, 0) is 36.1 Å². The van der Waals surface area contributed by atoms with E-state index < -0.39 is 12.0 Å². The minimum atomic E-state index is -1.05. The number of nitrogens with zero attached hydrogens (tertiary/aromatic N) is 1. The molecule has 1 aliphatic rings. The lowest BCUT2D eigenvalue weighted by Crippen LogP contribution is -2.25. The number of rotatable bonds is 4. The van der Waals surface area contributed by atoms with Crippen molar-refractivity contribution in [1.82, 2.24) is 0 Å². The van der Waals surface area contributed by atoms with Crippen LogP contribution >= 0.6 is 0 Å². The van der Waals surface area contributed by atoms with Crippen LogP contribution in [0.15, 0.2) is 58.8 Å². The number of carbonyl (C=O) groups is 2. The minimum absolute atomic E-state index is 0.0395. The Labute approximate surface area is 151 Å². The molecule has 0 radical (unpaired) electrons. The quantitative estimate of drug-likeness (QED) is 0.647. The van der Waals surface area contributed by atoms with Gasteiger partial charge in [-0.25, -0.2) is 4.79 Å². The zero-order chi connectivity index (χ0) is 18.7. The zero-order valence-electron chi connectivity index (χ0n) is 14.6. The first-order valence-electron chi connectivity index (χ1n) is 8.69. The summed E-state index contributed by atoms with van der Waals surface area (Å²) in [4.78, 5) is 27.7. The summed E-state index contributed by atoms with van der Waals surface area (Å²) >= 11 is 0. The number of carboxylic acid groups (broad SMARTS) is 1. The first kappa shape index (κ1) is 17.9. The molecule has 1 unspecified atom stereocenters. The summed E-state index contributed by atoms with van der Waals surface area (Å²) in [5.74, 6) is -1.27. The highest BCUT2D eigenvalue weighted by molar-refractivity contribution is 6.24. The molecule has 1 aliphatic carbocycles. The van der Waals surface area contributed by atoms with E-state index >= 15 is 0 Å². The maximum absolute atomic E-state index is 12.4. The topological polar surface area (TPSA) is 87.0 Å². The van der Waals surface area contributed by atoms with Crippen LogP contribution in [0.25, 0.3) is 10.8 Å². The van der Waals surface area contributed by atoms with Gasteiger partial charge in [-0.3, -0.25) is 9.79 Å². The minimum Gasteiger partial charge on any atom is -0.511 e. The summed E-state index contributed by atoms with van der Waals surface area (Å²) in [5.41, 5.74) is 1.50. The molecule has 0 amide bonds. The number of aliphatic hydroxyl groups is 1. The number of aliphatic hydroxyl groups excluding tert-OH is 1. The average molecular weight is 351 g/mol. The molecule has 134 valence electrons. The van der Waals surface area contributed by atoms with E-state index in [4.69, 9.17) is 5.11 Å².